The first kappa shape index (κ1) is 36.3. The minimum Gasteiger partial charge on any atom is -0.460 e. The van der Waals surface area contributed by atoms with Crippen LogP contribution in [-0.4, -0.2) is 107 Å². The lowest BCUT2D eigenvalue weighted by atomic mass is 10.2. The Morgan fingerprint density at radius 2 is 1.14 bits per heavy atom. The molecular formula is C22H43Br2N3O8. The largest absolute Gasteiger partial charge is 0.460 e. The second-order valence-electron chi connectivity index (χ2n) is 7.90. The number of nitrogens with two attached hydrogens (primary N) is 1. The van der Waals surface area contributed by atoms with Gasteiger partial charge in [0.25, 0.3) is 0 Å². The summed E-state index contributed by atoms with van der Waals surface area (Å²) in [5.41, 5.74) is 4.79. The second kappa shape index (κ2) is 26.2. The van der Waals surface area contributed by atoms with Crippen molar-refractivity contribution in [3.63, 3.8) is 0 Å². The number of hydrogen-bond acceptors (Lipinski definition) is 9. The first-order valence-electron chi connectivity index (χ1n) is 11.5. The first-order valence-corrected chi connectivity index (χ1v) is 13.8. The Hall–Kier alpha value is -0.830. The van der Waals surface area contributed by atoms with E-state index in [0.29, 0.717) is 96.0 Å². The predicted octanol–water partition coefficient (Wildman–Crippen LogP) is 1.14. The van der Waals surface area contributed by atoms with Crippen molar-refractivity contribution in [2.75, 3.05) is 83.1 Å². The average Bonchev–Trinajstić information content (AvgIpc) is 2.80. The van der Waals surface area contributed by atoms with E-state index in [9.17, 15) is 14.4 Å². The Balaban J connectivity index is 0. The molecule has 13 heteroatoms. The standard InChI is InChI=1S/C14H26BrNO5.C8H17BrN2O3/c1-14(2,3)21-13(18)5-4-7-19-9-10-20-8-6-16-12(17)11-15;9-7-8(12)11-2-4-14-6-5-13-3-1-10/h4-11H2,1-3H3,(H,16,17);1-7,10H2,(H,11,12). The molecule has 4 N–H and O–H groups in total. The highest BCUT2D eigenvalue weighted by Gasteiger charge is 2.15. The molecule has 0 spiro atoms. The van der Waals surface area contributed by atoms with E-state index in [1.165, 1.54) is 0 Å². The zero-order chi connectivity index (χ0) is 26.8. The molecule has 0 heterocycles. The zero-order valence-electron chi connectivity index (χ0n) is 21.2. The van der Waals surface area contributed by atoms with Crippen LogP contribution in [0.4, 0.5) is 0 Å². The number of amides is 2. The second-order valence-corrected chi connectivity index (χ2v) is 9.02. The Morgan fingerprint density at radius 1 is 0.714 bits per heavy atom. The van der Waals surface area contributed by atoms with Gasteiger partial charge >= 0.3 is 5.97 Å². The van der Waals surface area contributed by atoms with Crippen LogP contribution in [0.15, 0.2) is 0 Å². The van der Waals surface area contributed by atoms with E-state index in [1.807, 2.05) is 20.8 Å². The van der Waals surface area contributed by atoms with Gasteiger partial charge in [-0.25, -0.2) is 0 Å². The number of esters is 1. The number of ether oxygens (including phenoxy) is 5. The van der Waals surface area contributed by atoms with Crippen LogP contribution in [0.5, 0.6) is 0 Å². The van der Waals surface area contributed by atoms with Crippen molar-refractivity contribution in [3.05, 3.63) is 0 Å². The van der Waals surface area contributed by atoms with Gasteiger partial charge in [0.1, 0.15) is 5.60 Å². The molecule has 0 rings (SSSR count). The molecule has 0 aliphatic carbocycles. The fourth-order valence-corrected chi connectivity index (χ4v) is 2.45. The Labute approximate surface area is 226 Å². The van der Waals surface area contributed by atoms with E-state index in [4.69, 9.17) is 29.4 Å². The van der Waals surface area contributed by atoms with Crippen LogP contribution in [0, 0.1) is 0 Å². The fraction of sp³-hybridized carbons (Fsp3) is 0.864. The smallest absolute Gasteiger partial charge is 0.306 e. The highest BCUT2D eigenvalue weighted by Crippen LogP contribution is 2.09. The molecule has 0 bridgehead atoms. The van der Waals surface area contributed by atoms with Gasteiger partial charge in [-0.1, -0.05) is 31.9 Å². The monoisotopic (exact) mass is 635 g/mol. The van der Waals surface area contributed by atoms with Crippen molar-refractivity contribution in [2.45, 2.75) is 39.2 Å². The van der Waals surface area contributed by atoms with Gasteiger partial charge in [-0.05, 0) is 27.2 Å². The summed E-state index contributed by atoms with van der Waals surface area (Å²) in [5.74, 6) is -0.296. The molecule has 0 unspecified atom stereocenters. The fourth-order valence-electron chi connectivity index (χ4n) is 2.06. The van der Waals surface area contributed by atoms with Crippen LogP contribution in [0.3, 0.4) is 0 Å². The number of halogens is 2. The lowest BCUT2D eigenvalue weighted by Crippen LogP contribution is -2.28. The molecule has 208 valence electrons. The Bertz CT molecular complexity index is 537. The van der Waals surface area contributed by atoms with E-state index in [2.05, 4.69) is 42.5 Å². The molecular weight excluding hydrogens is 594 g/mol. The Morgan fingerprint density at radius 3 is 1.54 bits per heavy atom. The summed E-state index contributed by atoms with van der Waals surface area (Å²) >= 11 is 6.09. The number of hydrogen-bond donors (Lipinski definition) is 3. The first-order chi connectivity index (χ1) is 16.7. The molecule has 0 aliphatic heterocycles. The highest BCUT2D eigenvalue weighted by molar-refractivity contribution is 9.09. The molecule has 0 aromatic carbocycles. The molecule has 0 saturated carbocycles. The summed E-state index contributed by atoms with van der Waals surface area (Å²) in [6.07, 6.45) is 0.993. The molecule has 0 radical (unpaired) electrons. The molecule has 0 saturated heterocycles. The van der Waals surface area contributed by atoms with E-state index in [-0.39, 0.29) is 17.8 Å². The maximum atomic E-state index is 11.4. The maximum absolute atomic E-state index is 11.4. The van der Waals surface area contributed by atoms with Gasteiger partial charge in [0.2, 0.25) is 11.8 Å². The third kappa shape index (κ3) is 33.2. The lowest BCUT2D eigenvalue weighted by molar-refractivity contribution is -0.155. The summed E-state index contributed by atoms with van der Waals surface area (Å²) in [6, 6.07) is 0. The van der Waals surface area contributed by atoms with Crippen molar-refractivity contribution in [2.24, 2.45) is 5.73 Å². The molecule has 0 fully saturated rings. The van der Waals surface area contributed by atoms with Gasteiger partial charge in [0, 0.05) is 32.7 Å². The summed E-state index contributed by atoms with van der Waals surface area (Å²) in [4.78, 5) is 33.0. The molecule has 2 amide bonds. The van der Waals surface area contributed by atoms with Gasteiger partial charge in [0.05, 0.1) is 56.9 Å². The van der Waals surface area contributed by atoms with Crippen molar-refractivity contribution in [1.29, 1.82) is 0 Å². The topological polar surface area (TPSA) is 147 Å². The molecule has 0 atom stereocenters. The third-order valence-corrected chi connectivity index (χ3v) is 4.49. The number of carbonyl (C=O) groups excluding carboxylic acids is 3. The molecule has 0 aromatic rings. The van der Waals surface area contributed by atoms with Crippen molar-refractivity contribution in [1.82, 2.24) is 10.6 Å². The minimum absolute atomic E-state index is 0.0343. The molecule has 0 aromatic heterocycles. The molecule has 35 heavy (non-hydrogen) atoms. The Kier molecular flexibility index (Phi) is 27.2. The van der Waals surface area contributed by atoms with Crippen LogP contribution in [-0.2, 0) is 38.1 Å². The van der Waals surface area contributed by atoms with E-state index >= 15 is 0 Å². The third-order valence-electron chi connectivity index (χ3n) is 3.48. The predicted molar refractivity (Wildman–Crippen MR) is 141 cm³/mol. The summed E-state index contributed by atoms with van der Waals surface area (Å²) in [7, 11) is 0. The van der Waals surface area contributed by atoms with Crippen LogP contribution >= 0.6 is 31.9 Å². The van der Waals surface area contributed by atoms with Gasteiger partial charge < -0.3 is 40.1 Å². The van der Waals surface area contributed by atoms with E-state index in [0.717, 1.165) is 0 Å². The molecule has 0 aliphatic rings. The summed E-state index contributed by atoms with van der Waals surface area (Å²) in [6.45, 7) is 11.1. The van der Waals surface area contributed by atoms with Gasteiger partial charge in [-0.15, -0.1) is 0 Å². The number of nitrogens with one attached hydrogen (secondary N) is 2. The van der Waals surface area contributed by atoms with Crippen molar-refractivity contribution >= 4 is 49.6 Å². The number of carbonyl (C=O) groups is 3. The minimum atomic E-state index is -0.435. The van der Waals surface area contributed by atoms with E-state index < -0.39 is 5.60 Å². The van der Waals surface area contributed by atoms with Gasteiger partial charge in [-0.2, -0.15) is 0 Å². The normalized spacial score (nSPS) is 10.8. The maximum Gasteiger partial charge on any atom is 0.306 e. The lowest BCUT2D eigenvalue weighted by Gasteiger charge is -2.19. The van der Waals surface area contributed by atoms with Crippen molar-refractivity contribution in [3.8, 4) is 0 Å². The van der Waals surface area contributed by atoms with E-state index in [1.54, 1.807) is 0 Å². The number of rotatable bonds is 20. The summed E-state index contributed by atoms with van der Waals surface area (Å²) < 4.78 is 26.1. The van der Waals surface area contributed by atoms with Crippen LogP contribution in [0.2, 0.25) is 0 Å². The number of alkyl halides is 2. The quantitative estimate of drug-likeness (QED) is 0.102. The van der Waals surface area contributed by atoms with Crippen molar-refractivity contribution < 1.29 is 38.1 Å². The average molecular weight is 637 g/mol. The van der Waals surface area contributed by atoms with Gasteiger partial charge in [-0.3, -0.25) is 14.4 Å². The van der Waals surface area contributed by atoms with Gasteiger partial charge in [0.15, 0.2) is 0 Å². The SMILES string of the molecule is CC(C)(C)OC(=O)CCCOCCOCCNC(=O)CBr.NCCOCCOCCNC(=O)CBr. The highest BCUT2D eigenvalue weighted by atomic mass is 79.9. The van der Waals surface area contributed by atoms with Crippen LogP contribution < -0.4 is 16.4 Å². The van der Waals surface area contributed by atoms with Crippen LogP contribution in [0.1, 0.15) is 33.6 Å². The molecule has 11 nitrogen and oxygen atoms in total. The van der Waals surface area contributed by atoms with Crippen LogP contribution in [0.25, 0.3) is 0 Å². The zero-order valence-corrected chi connectivity index (χ0v) is 24.4. The summed E-state index contributed by atoms with van der Waals surface area (Å²) in [5, 5.41) is 5.96.